The molecule has 1 unspecified atom stereocenters. The maximum absolute atomic E-state index is 9.67. The summed E-state index contributed by atoms with van der Waals surface area (Å²) in [7, 11) is 0. The number of nitrogens with one attached hydrogen (secondary N) is 1. The van der Waals surface area contributed by atoms with Crippen molar-refractivity contribution in [3.05, 3.63) is 42.5 Å². The molecule has 2 aromatic rings. The smallest absolute Gasteiger partial charge is 0.163 e. The lowest BCUT2D eigenvalue weighted by Gasteiger charge is -2.03. The van der Waals surface area contributed by atoms with E-state index >= 15 is 0 Å². The van der Waals surface area contributed by atoms with Gasteiger partial charge in [-0.3, -0.25) is 0 Å². The van der Waals surface area contributed by atoms with Crippen molar-refractivity contribution >= 4 is 0 Å². The van der Waals surface area contributed by atoms with Gasteiger partial charge in [0.15, 0.2) is 11.9 Å². The van der Waals surface area contributed by atoms with Crippen molar-refractivity contribution in [3.63, 3.8) is 0 Å². The second-order valence-electron chi connectivity index (χ2n) is 2.50. The van der Waals surface area contributed by atoms with Crippen LogP contribution in [-0.2, 0) is 0 Å². The summed E-state index contributed by atoms with van der Waals surface area (Å²) in [6.45, 7) is 0. The molecule has 2 rings (SSSR count). The normalized spacial score (nSPS) is 12.7. The number of hydrogen-bond acceptors (Lipinski definition) is 4. The van der Waals surface area contributed by atoms with E-state index in [1.165, 1.54) is 6.33 Å². The Kier molecular flexibility index (Phi) is 2.01. The highest BCUT2D eigenvalue weighted by molar-refractivity contribution is 5.09. The van der Waals surface area contributed by atoms with Gasteiger partial charge in [0.1, 0.15) is 0 Å². The Balaban J connectivity index is 2.29. The molecule has 0 saturated heterocycles. The van der Waals surface area contributed by atoms with E-state index in [9.17, 15) is 5.11 Å². The zero-order valence-corrected chi connectivity index (χ0v) is 6.75. The average molecular weight is 176 g/mol. The highest BCUT2D eigenvalue weighted by Gasteiger charge is 2.13. The maximum atomic E-state index is 9.67. The largest absolute Gasteiger partial charge is 0.379 e. The topological polar surface area (TPSA) is 74.7 Å². The molecule has 66 valence electrons. The van der Waals surface area contributed by atoms with Gasteiger partial charge in [0.05, 0.1) is 12.0 Å². The van der Waals surface area contributed by atoms with Crippen molar-refractivity contribution in [3.8, 4) is 0 Å². The summed E-state index contributed by atoms with van der Waals surface area (Å²) in [4.78, 5) is 14.5. The average Bonchev–Trinajstić information content (AvgIpc) is 2.71. The van der Waals surface area contributed by atoms with Gasteiger partial charge in [-0.15, -0.1) is 0 Å². The maximum Gasteiger partial charge on any atom is 0.163 e. The van der Waals surface area contributed by atoms with E-state index in [0.29, 0.717) is 11.5 Å². The van der Waals surface area contributed by atoms with Crippen molar-refractivity contribution in [1.29, 1.82) is 0 Å². The van der Waals surface area contributed by atoms with Crippen LogP contribution in [0.25, 0.3) is 0 Å². The predicted octanol–water partition coefficient (Wildman–Crippen LogP) is 0.281. The summed E-state index contributed by atoms with van der Waals surface area (Å²) in [6, 6.07) is 1.70. The van der Waals surface area contributed by atoms with Gasteiger partial charge in [-0.05, 0) is 6.07 Å². The number of hydrogen-bond donors (Lipinski definition) is 2. The molecule has 0 fully saturated rings. The Morgan fingerprint density at radius 3 is 2.62 bits per heavy atom. The van der Waals surface area contributed by atoms with E-state index in [-0.39, 0.29) is 0 Å². The minimum absolute atomic E-state index is 0.356. The van der Waals surface area contributed by atoms with Gasteiger partial charge >= 0.3 is 0 Å². The number of aliphatic hydroxyl groups excluding tert-OH is 1. The highest BCUT2D eigenvalue weighted by Crippen LogP contribution is 2.13. The lowest BCUT2D eigenvalue weighted by Crippen LogP contribution is -2.04. The fourth-order valence-corrected chi connectivity index (χ4v) is 1.01. The van der Waals surface area contributed by atoms with Crippen molar-refractivity contribution in [2.24, 2.45) is 0 Å². The fraction of sp³-hybridized carbons (Fsp3) is 0.125. The van der Waals surface area contributed by atoms with Gasteiger partial charge in [-0.1, -0.05) is 0 Å². The molecule has 0 bridgehead atoms. The van der Waals surface area contributed by atoms with E-state index in [0.717, 1.165) is 0 Å². The molecular weight excluding hydrogens is 168 g/mol. The third-order valence-corrected chi connectivity index (χ3v) is 1.63. The van der Waals surface area contributed by atoms with Crippen molar-refractivity contribution in [2.75, 3.05) is 0 Å². The summed E-state index contributed by atoms with van der Waals surface area (Å²) in [5.74, 6) is 0.356. The van der Waals surface area contributed by atoms with Crippen LogP contribution in [0.1, 0.15) is 17.6 Å². The van der Waals surface area contributed by atoms with Crippen LogP contribution < -0.4 is 0 Å². The molecule has 13 heavy (non-hydrogen) atoms. The molecule has 2 aromatic heterocycles. The van der Waals surface area contributed by atoms with Crippen LogP contribution in [0.15, 0.2) is 31.0 Å². The third kappa shape index (κ3) is 1.54. The Morgan fingerprint density at radius 1 is 1.23 bits per heavy atom. The molecule has 0 radical (unpaired) electrons. The second kappa shape index (κ2) is 3.32. The summed E-state index contributed by atoms with van der Waals surface area (Å²) in [5.41, 5.74) is 0.520. The molecule has 1 atom stereocenters. The zero-order valence-electron chi connectivity index (χ0n) is 6.75. The number of nitrogens with zero attached hydrogens (tertiary/aromatic N) is 3. The van der Waals surface area contributed by atoms with Crippen LogP contribution in [0, 0.1) is 0 Å². The number of rotatable bonds is 2. The second-order valence-corrected chi connectivity index (χ2v) is 2.50. The van der Waals surface area contributed by atoms with Crippen molar-refractivity contribution < 1.29 is 5.11 Å². The summed E-state index contributed by atoms with van der Waals surface area (Å²) >= 11 is 0. The van der Waals surface area contributed by atoms with Crippen LogP contribution in [0.3, 0.4) is 0 Å². The minimum atomic E-state index is -0.854. The monoisotopic (exact) mass is 176 g/mol. The number of aliphatic hydroxyl groups is 1. The molecule has 5 heteroatoms. The molecule has 2 heterocycles. The molecule has 2 N–H and O–H groups in total. The van der Waals surface area contributed by atoms with Gasteiger partial charge in [0.2, 0.25) is 0 Å². The highest BCUT2D eigenvalue weighted by atomic mass is 16.3. The first-order chi connectivity index (χ1) is 6.38. The van der Waals surface area contributed by atoms with Gasteiger partial charge < -0.3 is 10.1 Å². The molecule has 0 aliphatic carbocycles. The summed E-state index contributed by atoms with van der Waals surface area (Å²) < 4.78 is 0. The molecule has 0 spiro atoms. The quantitative estimate of drug-likeness (QED) is 0.689. The van der Waals surface area contributed by atoms with Crippen LogP contribution >= 0.6 is 0 Å². The molecule has 0 saturated carbocycles. The number of H-pyrrole nitrogens is 1. The Morgan fingerprint density at radius 2 is 2.00 bits per heavy atom. The van der Waals surface area contributed by atoms with E-state index in [4.69, 9.17) is 0 Å². The molecule has 0 amide bonds. The molecule has 5 nitrogen and oxygen atoms in total. The van der Waals surface area contributed by atoms with Gasteiger partial charge in [-0.25, -0.2) is 15.0 Å². The van der Waals surface area contributed by atoms with Gasteiger partial charge in [-0.2, -0.15) is 0 Å². The van der Waals surface area contributed by atoms with Crippen molar-refractivity contribution in [1.82, 2.24) is 19.9 Å². The number of imidazole rings is 1. The van der Waals surface area contributed by atoms with Crippen LogP contribution in [0.4, 0.5) is 0 Å². The SMILES string of the molecule is OC(c1c[nH]cn1)c1ncccn1. The van der Waals surface area contributed by atoms with Gasteiger partial charge in [0, 0.05) is 18.6 Å². The molecular formula is C8H8N4O. The lowest BCUT2D eigenvalue weighted by molar-refractivity contribution is 0.205. The Labute approximate surface area is 74.5 Å². The van der Waals surface area contributed by atoms with E-state index in [1.54, 1.807) is 24.7 Å². The Hall–Kier alpha value is -1.75. The van der Waals surface area contributed by atoms with E-state index < -0.39 is 6.10 Å². The van der Waals surface area contributed by atoms with E-state index in [2.05, 4.69) is 19.9 Å². The number of aromatic nitrogens is 4. The van der Waals surface area contributed by atoms with Crippen LogP contribution in [0.5, 0.6) is 0 Å². The van der Waals surface area contributed by atoms with Crippen LogP contribution in [0.2, 0.25) is 0 Å². The molecule has 0 aliphatic rings. The number of aromatic amines is 1. The summed E-state index contributed by atoms with van der Waals surface area (Å²) in [6.07, 6.45) is 5.42. The lowest BCUT2D eigenvalue weighted by atomic mass is 10.2. The minimum Gasteiger partial charge on any atom is -0.379 e. The third-order valence-electron chi connectivity index (χ3n) is 1.63. The standard InChI is InChI=1S/C8H8N4O/c13-7(6-4-9-5-12-6)8-10-2-1-3-11-8/h1-5,7,13H,(H,9,12). The molecule has 0 aromatic carbocycles. The van der Waals surface area contributed by atoms with Gasteiger partial charge in [0.25, 0.3) is 0 Å². The summed E-state index contributed by atoms with van der Waals surface area (Å²) in [5, 5.41) is 9.67. The first-order valence-corrected chi connectivity index (χ1v) is 3.81. The Bertz CT molecular complexity index is 359. The van der Waals surface area contributed by atoms with E-state index in [1.807, 2.05) is 0 Å². The first-order valence-electron chi connectivity index (χ1n) is 3.81. The van der Waals surface area contributed by atoms with Crippen molar-refractivity contribution in [2.45, 2.75) is 6.10 Å². The molecule has 0 aliphatic heterocycles. The first kappa shape index (κ1) is 7.88. The zero-order chi connectivity index (χ0) is 9.10. The fourth-order valence-electron chi connectivity index (χ4n) is 1.01. The van der Waals surface area contributed by atoms with Crippen LogP contribution in [-0.4, -0.2) is 25.0 Å². The predicted molar refractivity (Wildman–Crippen MR) is 44.7 cm³/mol.